The summed E-state index contributed by atoms with van der Waals surface area (Å²) in [4.78, 5) is 41.4. The number of carbonyl (C=O) groups is 3. The van der Waals surface area contributed by atoms with Crippen LogP contribution in [0.5, 0.6) is 0 Å². The highest BCUT2D eigenvalue weighted by Gasteiger charge is 2.27. The first-order chi connectivity index (χ1) is 15.9. The molecular weight excluding hydrogens is 418 g/mol. The van der Waals surface area contributed by atoms with E-state index < -0.39 is 11.8 Å². The molecular formula is C25H27N5O3. The molecule has 2 heterocycles. The first-order valence-electron chi connectivity index (χ1n) is 10.9. The number of fused-ring (bicyclic) bond motifs is 1. The number of rotatable bonds is 5. The SMILES string of the molecule is C/C=C/C(=O)Nc1ccc2c(c1)C(=CNc1ccc(N3CCN(C)CC3)cc1)C(=O)NC2=O. The van der Waals surface area contributed by atoms with Crippen molar-refractivity contribution in [3.8, 4) is 0 Å². The number of anilines is 3. The molecule has 1 saturated heterocycles. The Hall–Kier alpha value is -3.91. The molecule has 2 aromatic rings. The van der Waals surface area contributed by atoms with Crippen molar-refractivity contribution in [3.63, 3.8) is 0 Å². The molecule has 3 amide bonds. The molecule has 0 bridgehead atoms. The molecule has 1 fully saturated rings. The lowest BCUT2D eigenvalue weighted by Crippen LogP contribution is -2.44. The fourth-order valence-corrected chi connectivity index (χ4v) is 3.87. The maximum absolute atomic E-state index is 12.6. The predicted octanol–water partition coefficient (Wildman–Crippen LogP) is 2.68. The second kappa shape index (κ2) is 9.70. The van der Waals surface area contributed by atoms with E-state index in [1.807, 2.05) is 12.1 Å². The fourth-order valence-electron chi connectivity index (χ4n) is 3.87. The molecule has 0 aromatic heterocycles. The molecule has 4 rings (SSSR count). The van der Waals surface area contributed by atoms with Gasteiger partial charge in [-0.25, -0.2) is 0 Å². The average Bonchev–Trinajstić information content (AvgIpc) is 2.80. The Bertz CT molecular complexity index is 1130. The number of hydrogen-bond acceptors (Lipinski definition) is 6. The standard InChI is InChI=1S/C25H27N5O3/c1-3-4-23(31)27-18-7-10-20-21(15-18)22(25(33)28-24(20)32)16-26-17-5-8-19(9-6-17)30-13-11-29(2)12-14-30/h3-10,15-16,26H,11-14H2,1-2H3,(H,27,31)(H,28,32,33)/b4-3+,22-16?. The molecule has 0 atom stereocenters. The van der Waals surface area contributed by atoms with Gasteiger partial charge >= 0.3 is 0 Å². The number of nitrogens with one attached hydrogen (secondary N) is 3. The number of hydrogen-bond donors (Lipinski definition) is 3. The van der Waals surface area contributed by atoms with Gasteiger partial charge in [-0.2, -0.15) is 0 Å². The van der Waals surface area contributed by atoms with E-state index in [-0.39, 0.29) is 5.91 Å². The smallest absolute Gasteiger partial charge is 0.260 e. The molecule has 0 spiro atoms. The Morgan fingerprint density at radius 3 is 2.33 bits per heavy atom. The van der Waals surface area contributed by atoms with Crippen LogP contribution in [0.25, 0.3) is 5.57 Å². The van der Waals surface area contributed by atoms with Crippen LogP contribution >= 0.6 is 0 Å². The molecule has 0 unspecified atom stereocenters. The number of carbonyl (C=O) groups excluding carboxylic acids is 3. The molecule has 0 radical (unpaired) electrons. The summed E-state index contributed by atoms with van der Waals surface area (Å²) in [6.45, 7) is 5.81. The summed E-state index contributed by atoms with van der Waals surface area (Å²) in [5, 5.41) is 8.25. The zero-order valence-electron chi connectivity index (χ0n) is 18.7. The third kappa shape index (κ3) is 5.12. The summed E-state index contributed by atoms with van der Waals surface area (Å²) in [6.07, 6.45) is 4.62. The van der Waals surface area contributed by atoms with Gasteiger partial charge in [0.1, 0.15) is 0 Å². The quantitative estimate of drug-likeness (QED) is 0.484. The van der Waals surface area contributed by atoms with Crippen LogP contribution in [0.15, 0.2) is 60.8 Å². The van der Waals surface area contributed by atoms with E-state index in [4.69, 9.17) is 0 Å². The van der Waals surface area contributed by atoms with Crippen LogP contribution in [0.4, 0.5) is 17.1 Å². The predicted molar refractivity (Wildman–Crippen MR) is 130 cm³/mol. The van der Waals surface area contributed by atoms with Crippen LogP contribution in [0.1, 0.15) is 22.8 Å². The molecule has 2 aromatic carbocycles. The number of nitrogens with zero attached hydrogens (tertiary/aromatic N) is 2. The highest BCUT2D eigenvalue weighted by molar-refractivity contribution is 6.31. The average molecular weight is 446 g/mol. The number of imide groups is 1. The largest absolute Gasteiger partial charge is 0.369 e. The maximum atomic E-state index is 12.6. The van der Waals surface area contributed by atoms with Crippen molar-refractivity contribution >= 4 is 40.4 Å². The molecule has 8 heteroatoms. The molecule has 170 valence electrons. The lowest BCUT2D eigenvalue weighted by molar-refractivity contribution is -0.115. The second-order valence-electron chi connectivity index (χ2n) is 8.07. The number of piperazine rings is 1. The lowest BCUT2D eigenvalue weighted by atomic mass is 9.95. The van der Waals surface area contributed by atoms with Gasteiger partial charge in [-0.1, -0.05) is 6.08 Å². The molecule has 33 heavy (non-hydrogen) atoms. The summed E-state index contributed by atoms with van der Waals surface area (Å²) in [5.74, 6) is -1.24. The summed E-state index contributed by atoms with van der Waals surface area (Å²) in [7, 11) is 2.13. The molecule has 2 aliphatic rings. The van der Waals surface area contributed by atoms with Crippen LogP contribution in [0, 0.1) is 0 Å². The van der Waals surface area contributed by atoms with E-state index in [1.54, 1.807) is 37.4 Å². The van der Waals surface area contributed by atoms with E-state index in [1.165, 1.54) is 6.08 Å². The van der Waals surface area contributed by atoms with E-state index in [0.29, 0.717) is 22.4 Å². The van der Waals surface area contributed by atoms with E-state index in [9.17, 15) is 14.4 Å². The van der Waals surface area contributed by atoms with Gasteiger partial charge in [0.05, 0.1) is 5.57 Å². The Morgan fingerprint density at radius 1 is 0.939 bits per heavy atom. The van der Waals surface area contributed by atoms with Crippen molar-refractivity contribution in [2.24, 2.45) is 0 Å². The zero-order chi connectivity index (χ0) is 23.4. The van der Waals surface area contributed by atoms with Gasteiger partial charge < -0.3 is 20.4 Å². The number of amides is 3. The maximum Gasteiger partial charge on any atom is 0.260 e. The molecule has 2 aliphatic heterocycles. The van der Waals surface area contributed by atoms with Crippen molar-refractivity contribution in [3.05, 3.63) is 71.9 Å². The minimum absolute atomic E-state index is 0.284. The summed E-state index contributed by atoms with van der Waals surface area (Å²) >= 11 is 0. The number of likely N-dealkylation sites (N-methyl/N-ethyl adjacent to an activating group) is 1. The van der Waals surface area contributed by atoms with Crippen molar-refractivity contribution < 1.29 is 14.4 Å². The normalized spacial score (nSPS) is 17.8. The van der Waals surface area contributed by atoms with Crippen molar-refractivity contribution in [2.45, 2.75) is 6.92 Å². The third-order valence-corrected chi connectivity index (χ3v) is 5.73. The summed E-state index contributed by atoms with van der Waals surface area (Å²) in [5.41, 5.74) is 3.63. The second-order valence-corrected chi connectivity index (χ2v) is 8.07. The first-order valence-corrected chi connectivity index (χ1v) is 10.9. The molecule has 3 N–H and O–H groups in total. The van der Waals surface area contributed by atoms with E-state index in [0.717, 1.165) is 37.6 Å². The van der Waals surface area contributed by atoms with Gasteiger partial charge in [0.25, 0.3) is 11.8 Å². The van der Waals surface area contributed by atoms with Crippen LogP contribution in [-0.4, -0.2) is 55.8 Å². The first kappa shape index (κ1) is 22.3. The van der Waals surface area contributed by atoms with Crippen LogP contribution in [0.3, 0.4) is 0 Å². The van der Waals surface area contributed by atoms with E-state index >= 15 is 0 Å². The highest BCUT2D eigenvalue weighted by atomic mass is 16.2. The van der Waals surface area contributed by atoms with E-state index in [2.05, 4.69) is 44.9 Å². The molecule has 0 saturated carbocycles. The third-order valence-electron chi connectivity index (χ3n) is 5.73. The van der Waals surface area contributed by atoms with Gasteiger partial charge in [-0.05, 0) is 62.5 Å². The fraction of sp³-hybridized carbons (Fsp3) is 0.240. The van der Waals surface area contributed by atoms with Crippen LogP contribution in [0.2, 0.25) is 0 Å². The minimum atomic E-state index is -0.494. The highest BCUT2D eigenvalue weighted by Crippen LogP contribution is 2.28. The van der Waals surface area contributed by atoms with Crippen molar-refractivity contribution in [2.75, 3.05) is 48.8 Å². The van der Waals surface area contributed by atoms with Gasteiger partial charge in [0, 0.05) is 60.6 Å². The zero-order valence-corrected chi connectivity index (χ0v) is 18.7. The monoisotopic (exact) mass is 445 g/mol. The van der Waals surface area contributed by atoms with Gasteiger partial charge in [-0.15, -0.1) is 0 Å². The van der Waals surface area contributed by atoms with Crippen molar-refractivity contribution in [1.82, 2.24) is 10.2 Å². The molecule has 0 aliphatic carbocycles. The lowest BCUT2D eigenvalue weighted by Gasteiger charge is -2.34. The van der Waals surface area contributed by atoms with Gasteiger partial charge in [0.2, 0.25) is 5.91 Å². The van der Waals surface area contributed by atoms with Crippen LogP contribution < -0.4 is 20.9 Å². The summed E-state index contributed by atoms with van der Waals surface area (Å²) < 4.78 is 0. The van der Waals surface area contributed by atoms with Crippen molar-refractivity contribution in [1.29, 1.82) is 0 Å². The number of benzene rings is 2. The van der Waals surface area contributed by atoms with Crippen LogP contribution in [-0.2, 0) is 9.59 Å². The Kier molecular flexibility index (Phi) is 6.55. The van der Waals surface area contributed by atoms with Gasteiger partial charge in [0.15, 0.2) is 0 Å². The number of allylic oxidation sites excluding steroid dienone is 1. The topological polar surface area (TPSA) is 93.8 Å². The Balaban J connectivity index is 1.54. The molecule has 8 nitrogen and oxygen atoms in total. The minimum Gasteiger partial charge on any atom is -0.369 e. The Morgan fingerprint density at radius 2 is 1.64 bits per heavy atom. The summed E-state index contributed by atoms with van der Waals surface area (Å²) in [6, 6.07) is 12.9. The van der Waals surface area contributed by atoms with Gasteiger partial charge in [-0.3, -0.25) is 19.7 Å². The Labute approximate surface area is 192 Å².